The molecule has 27 heavy (non-hydrogen) atoms. The molecule has 1 aliphatic heterocycles. The molecule has 0 aliphatic carbocycles. The summed E-state index contributed by atoms with van der Waals surface area (Å²) in [4.78, 5) is 12.7. The average Bonchev–Trinajstić information content (AvgIpc) is 3.14. The Hall–Kier alpha value is -2.57. The van der Waals surface area contributed by atoms with Gasteiger partial charge in [-0.1, -0.05) is 12.1 Å². The number of hydrogen-bond donors (Lipinski definition) is 2. The van der Waals surface area contributed by atoms with E-state index in [-0.39, 0.29) is 0 Å². The predicted molar refractivity (Wildman–Crippen MR) is 104 cm³/mol. The molecule has 1 aromatic carbocycles. The number of aliphatic hydroxyl groups is 1. The molecule has 0 amide bonds. The summed E-state index contributed by atoms with van der Waals surface area (Å²) in [5.74, 6) is 0.853. The van der Waals surface area contributed by atoms with E-state index in [0.29, 0.717) is 37.0 Å². The summed E-state index contributed by atoms with van der Waals surface area (Å²) in [7, 11) is 0. The number of benzene rings is 1. The lowest BCUT2D eigenvalue weighted by Gasteiger charge is -2.28. The van der Waals surface area contributed by atoms with Crippen molar-refractivity contribution in [2.24, 2.45) is 0 Å². The van der Waals surface area contributed by atoms with Gasteiger partial charge in [-0.15, -0.1) is 11.3 Å². The zero-order chi connectivity index (χ0) is 18.8. The lowest BCUT2D eigenvalue weighted by atomic mass is 10.1. The van der Waals surface area contributed by atoms with Crippen molar-refractivity contribution in [1.29, 1.82) is 5.26 Å². The topological polar surface area (TPSA) is 108 Å². The maximum atomic E-state index is 10.6. The quantitative estimate of drug-likeness (QED) is 0.713. The molecule has 4 rings (SSSR count). The minimum atomic E-state index is -0.605. The van der Waals surface area contributed by atoms with Crippen molar-refractivity contribution in [3.63, 3.8) is 0 Å². The SMILES string of the molecule is N#Cc1cccc(-c2nc(N)c3cc([C@H](O)CN4CCOCC4)sc3n2)c1. The van der Waals surface area contributed by atoms with Crippen molar-refractivity contribution in [2.75, 3.05) is 38.6 Å². The number of rotatable bonds is 4. The third-order valence-electron chi connectivity index (χ3n) is 4.55. The standard InChI is InChI=1S/C19H19N5O2S/c20-10-12-2-1-3-13(8-12)18-22-17(21)14-9-16(27-19(14)23-18)15(25)11-24-4-6-26-7-5-24/h1-3,8-9,15,25H,4-7,11H2,(H2,21,22,23)/t15-/m1/s1. The van der Waals surface area contributed by atoms with Crippen molar-refractivity contribution in [2.45, 2.75) is 6.10 Å². The first-order valence-corrected chi connectivity index (χ1v) is 9.51. The van der Waals surface area contributed by atoms with E-state index in [4.69, 9.17) is 15.7 Å². The average molecular weight is 381 g/mol. The maximum absolute atomic E-state index is 10.6. The Balaban J connectivity index is 1.63. The van der Waals surface area contributed by atoms with Crippen LogP contribution < -0.4 is 5.73 Å². The summed E-state index contributed by atoms with van der Waals surface area (Å²) in [5, 5.41) is 20.5. The van der Waals surface area contributed by atoms with Crippen molar-refractivity contribution in [3.05, 3.63) is 40.8 Å². The summed E-state index contributed by atoms with van der Waals surface area (Å²) < 4.78 is 5.35. The fraction of sp³-hybridized carbons (Fsp3) is 0.316. The van der Waals surface area contributed by atoms with Crippen molar-refractivity contribution >= 4 is 27.4 Å². The van der Waals surface area contributed by atoms with Crippen molar-refractivity contribution in [3.8, 4) is 17.5 Å². The molecule has 0 unspecified atom stereocenters. The van der Waals surface area contributed by atoms with Gasteiger partial charge in [0.15, 0.2) is 5.82 Å². The fourth-order valence-electron chi connectivity index (χ4n) is 3.10. The molecule has 1 atom stereocenters. The highest BCUT2D eigenvalue weighted by Crippen LogP contribution is 2.33. The first-order chi connectivity index (χ1) is 13.1. The molecule has 2 aromatic heterocycles. The second-order valence-corrected chi connectivity index (χ2v) is 7.48. The van der Waals surface area contributed by atoms with Crippen LogP contribution in [0.15, 0.2) is 30.3 Å². The van der Waals surface area contributed by atoms with Gasteiger partial charge in [-0.3, -0.25) is 4.90 Å². The monoisotopic (exact) mass is 381 g/mol. The van der Waals surface area contributed by atoms with Gasteiger partial charge in [0.2, 0.25) is 0 Å². The number of fused-ring (bicyclic) bond motifs is 1. The smallest absolute Gasteiger partial charge is 0.163 e. The van der Waals surface area contributed by atoms with Crippen LogP contribution in [0.1, 0.15) is 16.5 Å². The number of aromatic nitrogens is 2. The number of anilines is 1. The highest BCUT2D eigenvalue weighted by molar-refractivity contribution is 7.18. The van der Waals surface area contributed by atoms with E-state index < -0.39 is 6.10 Å². The molecule has 0 radical (unpaired) electrons. The number of nitriles is 1. The van der Waals surface area contributed by atoms with E-state index in [9.17, 15) is 5.11 Å². The third kappa shape index (κ3) is 3.77. The van der Waals surface area contributed by atoms with Gasteiger partial charge in [-0.25, -0.2) is 9.97 Å². The van der Waals surface area contributed by atoms with Crippen LogP contribution in [0.25, 0.3) is 21.6 Å². The van der Waals surface area contributed by atoms with E-state index in [2.05, 4.69) is 20.9 Å². The molecule has 1 aliphatic rings. The number of nitrogen functional groups attached to an aromatic ring is 1. The highest BCUT2D eigenvalue weighted by Gasteiger charge is 2.20. The molecule has 0 spiro atoms. The lowest BCUT2D eigenvalue weighted by molar-refractivity contribution is 0.0150. The number of ether oxygens (including phenoxy) is 1. The maximum Gasteiger partial charge on any atom is 0.163 e. The van der Waals surface area contributed by atoms with E-state index in [1.807, 2.05) is 12.1 Å². The van der Waals surface area contributed by atoms with E-state index in [1.54, 1.807) is 18.2 Å². The van der Waals surface area contributed by atoms with Gasteiger partial charge in [0.05, 0.1) is 30.2 Å². The Labute approximate surface area is 160 Å². The van der Waals surface area contributed by atoms with E-state index in [1.165, 1.54) is 11.3 Å². The number of nitrogens with two attached hydrogens (primary N) is 1. The molecule has 1 saturated heterocycles. The normalized spacial score (nSPS) is 16.3. The van der Waals surface area contributed by atoms with Gasteiger partial charge in [0.25, 0.3) is 0 Å². The summed E-state index contributed by atoms with van der Waals surface area (Å²) in [6.07, 6.45) is -0.605. The summed E-state index contributed by atoms with van der Waals surface area (Å²) in [5.41, 5.74) is 7.43. The zero-order valence-electron chi connectivity index (χ0n) is 14.6. The van der Waals surface area contributed by atoms with Crippen LogP contribution in [-0.4, -0.2) is 52.8 Å². The van der Waals surface area contributed by atoms with Gasteiger partial charge in [0, 0.05) is 30.1 Å². The molecule has 8 heteroatoms. The first-order valence-electron chi connectivity index (χ1n) is 8.69. The van der Waals surface area contributed by atoms with E-state index in [0.717, 1.165) is 33.7 Å². The summed E-state index contributed by atoms with van der Waals surface area (Å²) in [6, 6.07) is 11.1. The van der Waals surface area contributed by atoms with Crippen LogP contribution in [0.5, 0.6) is 0 Å². The molecular formula is C19H19N5O2S. The van der Waals surface area contributed by atoms with Crippen LogP contribution in [-0.2, 0) is 4.74 Å². The molecule has 0 bridgehead atoms. The highest BCUT2D eigenvalue weighted by atomic mass is 32.1. The number of aliphatic hydroxyl groups excluding tert-OH is 1. The number of nitrogens with zero attached hydrogens (tertiary/aromatic N) is 4. The number of morpholine rings is 1. The zero-order valence-corrected chi connectivity index (χ0v) is 15.4. The minimum Gasteiger partial charge on any atom is -0.386 e. The first kappa shape index (κ1) is 17.8. The molecule has 3 N–H and O–H groups in total. The van der Waals surface area contributed by atoms with Crippen LogP contribution >= 0.6 is 11.3 Å². The van der Waals surface area contributed by atoms with E-state index >= 15 is 0 Å². The molecule has 7 nitrogen and oxygen atoms in total. The molecule has 3 aromatic rings. The van der Waals surface area contributed by atoms with Gasteiger partial charge < -0.3 is 15.6 Å². The molecule has 3 heterocycles. The van der Waals surface area contributed by atoms with Crippen LogP contribution in [0.3, 0.4) is 0 Å². The number of thiophene rings is 1. The fourth-order valence-corrected chi connectivity index (χ4v) is 4.12. The number of β-amino-alcohol motifs (C(OH)–C–C–N with tert-alkyl or cyclic N) is 1. The number of hydrogen-bond acceptors (Lipinski definition) is 8. The van der Waals surface area contributed by atoms with Gasteiger partial charge in [0.1, 0.15) is 16.8 Å². The second kappa shape index (κ2) is 7.58. The largest absolute Gasteiger partial charge is 0.386 e. The Kier molecular flexibility index (Phi) is 5.01. The van der Waals surface area contributed by atoms with Crippen LogP contribution in [0.4, 0.5) is 5.82 Å². The van der Waals surface area contributed by atoms with Crippen LogP contribution in [0.2, 0.25) is 0 Å². The summed E-state index contributed by atoms with van der Waals surface area (Å²) in [6.45, 7) is 3.60. The molecule has 1 fully saturated rings. The minimum absolute atomic E-state index is 0.374. The van der Waals surface area contributed by atoms with Crippen LogP contribution in [0, 0.1) is 11.3 Å². The van der Waals surface area contributed by atoms with Gasteiger partial charge in [-0.05, 0) is 18.2 Å². The Morgan fingerprint density at radius 3 is 2.89 bits per heavy atom. The Bertz CT molecular complexity index is 1010. The second-order valence-electron chi connectivity index (χ2n) is 6.42. The van der Waals surface area contributed by atoms with Crippen molar-refractivity contribution < 1.29 is 9.84 Å². The molecular weight excluding hydrogens is 362 g/mol. The summed E-state index contributed by atoms with van der Waals surface area (Å²) >= 11 is 1.42. The molecule has 0 saturated carbocycles. The Morgan fingerprint density at radius 2 is 2.11 bits per heavy atom. The van der Waals surface area contributed by atoms with Gasteiger partial charge >= 0.3 is 0 Å². The van der Waals surface area contributed by atoms with Crippen molar-refractivity contribution in [1.82, 2.24) is 14.9 Å². The third-order valence-corrected chi connectivity index (χ3v) is 5.68. The molecule has 138 valence electrons. The van der Waals surface area contributed by atoms with Gasteiger partial charge in [-0.2, -0.15) is 5.26 Å². The Morgan fingerprint density at radius 1 is 1.30 bits per heavy atom. The lowest BCUT2D eigenvalue weighted by Crippen LogP contribution is -2.38. The predicted octanol–water partition coefficient (Wildman–Crippen LogP) is 2.18.